The highest BCUT2D eigenvalue weighted by Gasteiger charge is 2.23. The van der Waals surface area contributed by atoms with E-state index in [1.54, 1.807) is 75.7 Å². The van der Waals surface area contributed by atoms with Gasteiger partial charge in [-0.05, 0) is 116 Å². The van der Waals surface area contributed by atoms with Gasteiger partial charge >= 0.3 is 18.2 Å². The van der Waals surface area contributed by atoms with Crippen LogP contribution < -0.4 is 21.3 Å². The Morgan fingerprint density at radius 1 is 0.671 bits per heavy atom. The molecule has 2 amide bonds. The van der Waals surface area contributed by atoms with Crippen LogP contribution in [0.1, 0.15) is 84.1 Å². The number of alkyl carbamates (subject to hydrolysis) is 2. The average molecular weight is 1040 g/mol. The van der Waals surface area contributed by atoms with Gasteiger partial charge in [0.1, 0.15) is 27.8 Å². The number of amides is 2. The Balaban J connectivity index is 0.000000214. The summed E-state index contributed by atoms with van der Waals surface area (Å²) in [5, 5.41) is 32.3. The average Bonchev–Trinajstić information content (AvgIpc) is 4.18. The highest BCUT2D eigenvalue weighted by Crippen LogP contribution is 2.30. The van der Waals surface area contributed by atoms with Crippen LogP contribution >= 0.6 is 23.1 Å². The second-order valence-electron chi connectivity index (χ2n) is 19.3. The molecule has 0 fully saturated rings. The van der Waals surface area contributed by atoms with Crippen molar-refractivity contribution in [1.29, 1.82) is 0 Å². The molecule has 0 aliphatic carbocycles. The van der Waals surface area contributed by atoms with Crippen molar-refractivity contribution in [1.82, 2.24) is 67.7 Å². The smallest absolute Gasteiger partial charge is 0.407 e. The molecule has 0 radical (unpaired) electrons. The van der Waals surface area contributed by atoms with E-state index in [1.165, 1.54) is 30.0 Å². The van der Waals surface area contributed by atoms with Gasteiger partial charge in [-0.1, -0.05) is 0 Å². The summed E-state index contributed by atoms with van der Waals surface area (Å²) >= 11 is 2.70. The lowest BCUT2D eigenvalue weighted by Crippen LogP contribution is -2.42. The molecule has 5 N–H and O–H groups in total. The summed E-state index contributed by atoms with van der Waals surface area (Å²) in [4.78, 5) is 54.9. The lowest BCUT2D eigenvalue weighted by molar-refractivity contribution is -0.141. The fraction of sp³-hybridized carbons (Fsp3) is 0.438. The van der Waals surface area contributed by atoms with Crippen LogP contribution in [-0.4, -0.2) is 117 Å². The predicted molar refractivity (Wildman–Crippen MR) is 277 cm³/mol. The van der Waals surface area contributed by atoms with Gasteiger partial charge in [-0.25, -0.2) is 29.5 Å². The molecule has 8 heterocycles. The number of aryl methyl sites for hydroxylation is 6. The van der Waals surface area contributed by atoms with E-state index in [0.717, 1.165) is 55.3 Å². The molecule has 8 aromatic rings. The van der Waals surface area contributed by atoms with Gasteiger partial charge in [0.15, 0.2) is 22.9 Å². The molecule has 0 bridgehead atoms. The molecule has 0 saturated heterocycles. The largest absolute Gasteiger partial charge is 0.464 e. The number of anilines is 4. The number of carbonyl (C=O) groups is 3. The van der Waals surface area contributed by atoms with E-state index in [1.807, 2.05) is 73.7 Å². The number of aliphatic hydroxyl groups is 1. The number of aliphatic hydroxyl groups excluding tert-OH is 1. The fourth-order valence-electron chi connectivity index (χ4n) is 7.31. The summed E-state index contributed by atoms with van der Waals surface area (Å²) < 4.78 is 32.0. The molecule has 388 valence electrons. The SMILES string of the molecule is CC(=O)OCC(CCc1cn2c(-c3cnn(C)c3)cnc2c(Nc2cc(C)ns2)n1)NC(=O)OC(C)(C)C.Cc1cc(Nc2nc(CCC(CO)NC(=O)OC(C)(C)C)cn3c(-c4cnn(C)c4)cnc23)sn1. The number of ether oxygens (including phenoxy) is 3. The lowest BCUT2D eigenvalue weighted by atomic mass is 10.1. The number of aromatic nitrogens is 12. The number of imidazole rings is 2. The highest BCUT2D eigenvalue weighted by molar-refractivity contribution is 7.10. The van der Waals surface area contributed by atoms with Gasteiger partial charge in [-0.15, -0.1) is 0 Å². The molecule has 0 aromatic carbocycles. The zero-order valence-electron chi connectivity index (χ0n) is 42.8. The minimum atomic E-state index is -0.650. The number of esters is 1. The quantitative estimate of drug-likeness (QED) is 0.0437. The summed E-state index contributed by atoms with van der Waals surface area (Å²) in [7, 11) is 3.73. The molecule has 8 rings (SSSR count). The van der Waals surface area contributed by atoms with Gasteiger partial charge in [0.2, 0.25) is 0 Å². The van der Waals surface area contributed by atoms with Crippen molar-refractivity contribution in [3.05, 3.63) is 84.5 Å². The first kappa shape index (κ1) is 53.3. The third-order valence-corrected chi connectivity index (χ3v) is 12.1. The zero-order chi connectivity index (χ0) is 52.6. The van der Waals surface area contributed by atoms with Crippen molar-refractivity contribution >= 4 is 74.2 Å². The summed E-state index contributed by atoms with van der Waals surface area (Å²) in [6.07, 6.45) is 15.6. The zero-order valence-corrected chi connectivity index (χ0v) is 44.4. The predicted octanol–water partition coefficient (Wildman–Crippen LogP) is 7.48. The van der Waals surface area contributed by atoms with Crippen LogP contribution in [0.3, 0.4) is 0 Å². The Bertz CT molecular complexity index is 3170. The third-order valence-electron chi connectivity index (χ3n) is 10.5. The second kappa shape index (κ2) is 22.9. The van der Waals surface area contributed by atoms with Gasteiger partial charge in [0.25, 0.3) is 0 Å². The molecular formula is C48H62N16O7S2. The maximum atomic E-state index is 12.4. The van der Waals surface area contributed by atoms with Crippen molar-refractivity contribution in [2.24, 2.45) is 14.1 Å². The van der Waals surface area contributed by atoms with Crippen molar-refractivity contribution < 1.29 is 33.7 Å². The van der Waals surface area contributed by atoms with Gasteiger partial charge in [-0.2, -0.15) is 18.9 Å². The first-order valence-corrected chi connectivity index (χ1v) is 25.0. The van der Waals surface area contributed by atoms with E-state index in [9.17, 15) is 19.5 Å². The molecule has 0 aliphatic rings. The Labute approximate surface area is 430 Å². The molecule has 0 aliphatic heterocycles. The highest BCUT2D eigenvalue weighted by atomic mass is 32.1. The number of carbonyl (C=O) groups excluding carboxylic acids is 3. The van der Waals surface area contributed by atoms with E-state index in [-0.39, 0.29) is 13.2 Å². The van der Waals surface area contributed by atoms with Crippen LogP contribution in [0.25, 0.3) is 33.8 Å². The van der Waals surface area contributed by atoms with E-state index in [0.29, 0.717) is 48.6 Å². The Kier molecular flexibility index (Phi) is 16.7. The van der Waals surface area contributed by atoms with Gasteiger partial charge < -0.3 is 40.6 Å². The van der Waals surface area contributed by atoms with Crippen LogP contribution in [0.4, 0.5) is 31.2 Å². The van der Waals surface area contributed by atoms with Crippen molar-refractivity contribution in [3.63, 3.8) is 0 Å². The van der Waals surface area contributed by atoms with Crippen molar-refractivity contribution in [2.75, 3.05) is 23.8 Å². The maximum Gasteiger partial charge on any atom is 0.407 e. The summed E-state index contributed by atoms with van der Waals surface area (Å²) in [5.74, 6) is 0.756. The third kappa shape index (κ3) is 15.0. The molecule has 2 unspecified atom stereocenters. The number of rotatable bonds is 17. The Hall–Kier alpha value is -7.51. The molecule has 25 heteroatoms. The minimum Gasteiger partial charge on any atom is -0.464 e. The summed E-state index contributed by atoms with van der Waals surface area (Å²) in [5.41, 5.74) is 7.00. The van der Waals surface area contributed by atoms with Crippen molar-refractivity contribution in [3.8, 4) is 22.5 Å². The first-order valence-electron chi connectivity index (χ1n) is 23.4. The molecule has 0 spiro atoms. The van der Waals surface area contributed by atoms with Crippen LogP contribution in [0.15, 0.2) is 61.7 Å². The molecule has 0 saturated carbocycles. The molecular weight excluding hydrogens is 977 g/mol. The number of nitrogens with one attached hydrogen (secondary N) is 4. The number of hydrogen-bond donors (Lipinski definition) is 5. The molecule has 73 heavy (non-hydrogen) atoms. The monoisotopic (exact) mass is 1040 g/mol. The van der Waals surface area contributed by atoms with Crippen LogP contribution in [0.5, 0.6) is 0 Å². The lowest BCUT2D eigenvalue weighted by Gasteiger charge is -2.23. The van der Waals surface area contributed by atoms with Crippen LogP contribution in [0, 0.1) is 13.8 Å². The minimum absolute atomic E-state index is 0.0219. The van der Waals surface area contributed by atoms with Gasteiger partial charge in [0, 0.05) is 56.9 Å². The van der Waals surface area contributed by atoms with E-state index in [4.69, 9.17) is 24.2 Å². The fourth-order valence-corrected chi connectivity index (χ4v) is 8.64. The van der Waals surface area contributed by atoms with E-state index in [2.05, 4.69) is 50.2 Å². The Morgan fingerprint density at radius 2 is 1.11 bits per heavy atom. The first-order chi connectivity index (χ1) is 34.6. The summed E-state index contributed by atoms with van der Waals surface area (Å²) in [6.45, 7) is 15.8. The van der Waals surface area contributed by atoms with Gasteiger partial charge in [0.05, 0.1) is 77.6 Å². The number of fused-ring (bicyclic) bond motifs is 2. The van der Waals surface area contributed by atoms with Crippen LogP contribution in [-0.2, 0) is 45.9 Å². The molecule has 23 nitrogen and oxygen atoms in total. The van der Waals surface area contributed by atoms with Gasteiger partial charge in [-0.3, -0.25) is 23.0 Å². The number of nitrogens with zero attached hydrogens (tertiary/aromatic N) is 12. The standard InChI is InChI=1S/C25H32N8O4S.C23H30N8O3S/c1-15-9-21(38-31-15)30-22-23-26-11-20(17-10-27-32(6)12-17)33(23)13-18(28-22)7-8-19(14-36-16(2)34)29-24(35)37-25(3,4)5;1-14-8-19(35-29-14)28-20-21-24-10-18(15-9-25-30(5)11-15)31(21)12-16(26-20)6-7-17(13-32)27-22(33)34-23(2,3)4/h9-13,19H,7-8,14H2,1-6H3,(H,28,30)(H,29,35);8-12,17,32H,6-7,13H2,1-5H3,(H,26,28)(H,27,33). The van der Waals surface area contributed by atoms with E-state index >= 15 is 0 Å². The van der Waals surface area contributed by atoms with E-state index < -0.39 is 41.4 Å². The number of hydrogen-bond acceptors (Lipinski definition) is 19. The maximum absolute atomic E-state index is 12.4. The second-order valence-corrected chi connectivity index (χ2v) is 20.9. The van der Waals surface area contributed by atoms with Crippen molar-refractivity contribution in [2.45, 2.75) is 111 Å². The summed E-state index contributed by atoms with van der Waals surface area (Å²) in [6, 6.07) is 2.96. The Morgan fingerprint density at radius 3 is 1.48 bits per heavy atom. The normalized spacial score (nSPS) is 12.5. The molecule has 2 atom stereocenters. The topological polar surface area (TPSA) is 269 Å². The van der Waals surface area contributed by atoms with Crippen LogP contribution in [0.2, 0.25) is 0 Å². The molecule has 8 aromatic heterocycles.